The fourth-order valence-corrected chi connectivity index (χ4v) is 4.41. The van der Waals surface area contributed by atoms with Gasteiger partial charge in [0.2, 0.25) is 0 Å². The number of aromatic hydroxyl groups is 1. The first-order chi connectivity index (χ1) is 18.0. The third-order valence-corrected chi connectivity index (χ3v) is 6.58. The zero-order chi connectivity index (χ0) is 26.2. The van der Waals surface area contributed by atoms with Crippen LogP contribution in [0.5, 0.6) is 5.75 Å². The summed E-state index contributed by atoms with van der Waals surface area (Å²) >= 11 is 1.61. The third kappa shape index (κ3) is 6.78. The molecule has 0 saturated heterocycles. The van der Waals surface area contributed by atoms with Crippen LogP contribution in [0.2, 0.25) is 0 Å². The fourth-order valence-electron chi connectivity index (χ4n) is 3.62. The van der Waals surface area contributed by atoms with Gasteiger partial charge in [0.05, 0.1) is 16.4 Å². The summed E-state index contributed by atoms with van der Waals surface area (Å²) in [6, 6.07) is 12.4. The van der Waals surface area contributed by atoms with Gasteiger partial charge >= 0.3 is 6.03 Å². The maximum Gasteiger partial charge on any atom is 0.339 e. The maximum atomic E-state index is 13.4. The first-order valence-electron chi connectivity index (χ1n) is 11.9. The molecular weight excluding hydrogens is 493 g/mol. The van der Waals surface area contributed by atoms with Crippen molar-refractivity contribution in [3.8, 4) is 17.1 Å². The van der Waals surface area contributed by atoms with Gasteiger partial charge in [-0.1, -0.05) is 13.8 Å². The number of carbonyl (C=O) groups is 1. The molecule has 192 valence electrons. The van der Waals surface area contributed by atoms with Crippen molar-refractivity contribution in [3.05, 3.63) is 65.3 Å². The number of halogens is 1. The number of thiophene rings is 1. The second-order valence-corrected chi connectivity index (χ2v) is 9.01. The molecule has 0 unspecified atom stereocenters. The van der Waals surface area contributed by atoms with Gasteiger partial charge in [-0.25, -0.2) is 24.6 Å². The summed E-state index contributed by atoms with van der Waals surface area (Å²) in [5.41, 5.74) is 4.97. The van der Waals surface area contributed by atoms with Gasteiger partial charge in [-0.2, -0.15) is 5.10 Å². The monoisotopic (exact) mass is 521 g/mol. The van der Waals surface area contributed by atoms with E-state index in [0.29, 0.717) is 17.1 Å². The lowest BCUT2D eigenvalue weighted by atomic mass is 10.2. The van der Waals surface area contributed by atoms with E-state index < -0.39 is 17.6 Å². The lowest BCUT2D eigenvalue weighted by molar-refractivity contribution is 0.252. The Morgan fingerprint density at radius 1 is 1.14 bits per heavy atom. The van der Waals surface area contributed by atoms with Crippen molar-refractivity contribution in [1.82, 2.24) is 20.3 Å². The molecule has 0 radical (unpaired) electrons. The van der Waals surface area contributed by atoms with E-state index in [-0.39, 0.29) is 0 Å². The summed E-state index contributed by atoms with van der Waals surface area (Å²) in [6.45, 7) is 8.03. The molecule has 0 aliphatic rings. The summed E-state index contributed by atoms with van der Waals surface area (Å²) in [4.78, 5) is 24.0. The summed E-state index contributed by atoms with van der Waals surface area (Å²) in [5, 5.41) is 21.2. The molecule has 2 aromatic carbocycles. The molecule has 4 N–H and O–H groups in total. The van der Waals surface area contributed by atoms with E-state index in [1.54, 1.807) is 23.5 Å². The van der Waals surface area contributed by atoms with Crippen LogP contribution in [-0.4, -0.2) is 58.4 Å². The molecule has 2 aromatic heterocycles. The van der Waals surface area contributed by atoms with E-state index in [4.69, 9.17) is 9.97 Å². The highest BCUT2D eigenvalue weighted by molar-refractivity contribution is 7.17. The fraction of sp³-hybridized carbons (Fsp3) is 0.231. The van der Waals surface area contributed by atoms with Gasteiger partial charge in [0.1, 0.15) is 5.82 Å². The number of phenols is 1. The van der Waals surface area contributed by atoms with Crippen molar-refractivity contribution in [2.24, 2.45) is 5.10 Å². The Hall–Kier alpha value is -4.09. The highest BCUT2D eigenvalue weighted by Gasteiger charge is 2.11. The van der Waals surface area contributed by atoms with E-state index in [0.717, 1.165) is 53.8 Å². The Morgan fingerprint density at radius 3 is 2.65 bits per heavy atom. The number of carbonyl (C=O) groups excluding carboxylic acids is 1. The van der Waals surface area contributed by atoms with Crippen molar-refractivity contribution in [2.75, 3.05) is 36.8 Å². The minimum Gasteiger partial charge on any atom is -0.505 e. The predicted molar refractivity (Wildman–Crippen MR) is 147 cm³/mol. The zero-order valence-corrected chi connectivity index (χ0v) is 21.3. The Morgan fingerprint density at radius 2 is 1.92 bits per heavy atom. The number of aromatic nitrogens is 2. The molecule has 4 aromatic rings. The van der Waals surface area contributed by atoms with E-state index >= 15 is 0 Å². The molecule has 2 heterocycles. The SMILES string of the molecule is CCN(CC)CCNc1nc(-c2ccc(NC(=O)N/N=C/c3ccc(O)c(F)c3)cc2)nc2ccsc12. The smallest absolute Gasteiger partial charge is 0.339 e. The van der Waals surface area contributed by atoms with E-state index in [2.05, 4.69) is 39.9 Å². The number of fused-ring (bicyclic) bond motifs is 1. The van der Waals surface area contributed by atoms with Crippen LogP contribution in [0.15, 0.2) is 59.0 Å². The van der Waals surface area contributed by atoms with Crippen LogP contribution in [0.3, 0.4) is 0 Å². The largest absolute Gasteiger partial charge is 0.505 e. The highest BCUT2D eigenvalue weighted by Crippen LogP contribution is 2.29. The summed E-state index contributed by atoms with van der Waals surface area (Å²) in [5.74, 6) is 0.195. The Bertz CT molecular complexity index is 1390. The molecule has 0 saturated carbocycles. The average molecular weight is 522 g/mol. The van der Waals surface area contributed by atoms with Gasteiger partial charge < -0.3 is 20.6 Å². The van der Waals surface area contributed by atoms with Crippen molar-refractivity contribution < 1.29 is 14.3 Å². The highest BCUT2D eigenvalue weighted by atomic mass is 32.1. The van der Waals surface area contributed by atoms with Crippen LogP contribution in [0.4, 0.5) is 20.7 Å². The number of anilines is 2. The number of hydrazone groups is 1. The molecule has 2 amide bonds. The number of hydrogen-bond acceptors (Lipinski definition) is 8. The Kier molecular flexibility index (Phi) is 8.60. The first kappa shape index (κ1) is 26.0. The molecule has 4 rings (SSSR count). The molecule has 11 heteroatoms. The molecule has 37 heavy (non-hydrogen) atoms. The molecule has 9 nitrogen and oxygen atoms in total. The number of phenolic OH excluding ortho intramolecular Hbond substituents is 1. The molecular formula is C26H28FN7O2S. The number of nitrogens with zero attached hydrogens (tertiary/aromatic N) is 4. The van der Waals surface area contributed by atoms with Crippen LogP contribution in [0.25, 0.3) is 21.6 Å². The molecule has 0 aliphatic carbocycles. The standard InChI is InChI=1S/C26H28FN7O2S/c1-3-34(4-2)13-12-28-25-23-21(11-14-37-23)31-24(32-25)18-6-8-19(9-7-18)30-26(36)33-29-16-17-5-10-22(35)20(27)15-17/h5-11,14-16,35H,3-4,12-13H2,1-2H3,(H,28,31,32)(H2,30,33,36)/b29-16+. The zero-order valence-electron chi connectivity index (χ0n) is 20.5. The quantitative estimate of drug-likeness (QED) is 0.170. The van der Waals surface area contributed by atoms with Crippen molar-refractivity contribution in [3.63, 3.8) is 0 Å². The molecule has 0 fully saturated rings. The lowest BCUT2D eigenvalue weighted by Gasteiger charge is -2.18. The predicted octanol–water partition coefficient (Wildman–Crippen LogP) is 5.11. The van der Waals surface area contributed by atoms with Crippen LogP contribution in [0.1, 0.15) is 19.4 Å². The Balaban J connectivity index is 1.39. The minimum absolute atomic E-state index is 0.393. The number of nitrogens with one attached hydrogen (secondary N) is 3. The summed E-state index contributed by atoms with van der Waals surface area (Å²) in [6.07, 6.45) is 1.27. The van der Waals surface area contributed by atoms with Crippen LogP contribution in [0, 0.1) is 5.82 Å². The van der Waals surface area contributed by atoms with Crippen molar-refractivity contribution >= 4 is 45.3 Å². The third-order valence-electron chi connectivity index (χ3n) is 5.67. The van der Waals surface area contributed by atoms with Crippen LogP contribution < -0.4 is 16.1 Å². The van der Waals surface area contributed by atoms with Crippen molar-refractivity contribution in [1.29, 1.82) is 0 Å². The molecule has 0 aliphatic heterocycles. The van der Waals surface area contributed by atoms with Gasteiger partial charge in [0.25, 0.3) is 0 Å². The van der Waals surface area contributed by atoms with E-state index in [1.807, 2.05) is 23.6 Å². The van der Waals surface area contributed by atoms with Crippen molar-refractivity contribution in [2.45, 2.75) is 13.8 Å². The average Bonchev–Trinajstić information content (AvgIpc) is 3.38. The van der Waals surface area contributed by atoms with Gasteiger partial charge in [0, 0.05) is 24.3 Å². The number of rotatable bonds is 10. The van der Waals surface area contributed by atoms with E-state index in [9.17, 15) is 14.3 Å². The molecule has 0 bridgehead atoms. The number of likely N-dealkylation sites (N-methyl/N-ethyl adjacent to an activating group) is 1. The number of urea groups is 1. The lowest BCUT2D eigenvalue weighted by Crippen LogP contribution is -2.28. The number of hydrogen-bond donors (Lipinski definition) is 4. The van der Waals surface area contributed by atoms with Gasteiger partial charge in [-0.15, -0.1) is 11.3 Å². The summed E-state index contributed by atoms with van der Waals surface area (Å²) in [7, 11) is 0. The normalized spacial score (nSPS) is 11.4. The Labute approximate surface area is 218 Å². The number of benzene rings is 2. The van der Waals surface area contributed by atoms with Gasteiger partial charge in [-0.3, -0.25) is 0 Å². The first-order valence-corrected chi connectivity index (χ1v) is 12.7. The molecule has 0 spiro atoms. The maximum absolute atomic E-state index is 13.4. The van der Waals surface area contributed by atoms with Gasteiger partial charge in [0.15, 0.2) is 17.4 Å². The van der Waals surface area contributed by atoms with E-state index in [1.165, 1.54) is 18.3 Å². The summed E-state index contributed by atoms with van der Waals surface area (Å²) < 4.78 is 14.4. The topological polar surface area (TPSA) is 115 Å². The number of amides is 2. The second-order valence-electron chi connectivity index (χ2n) is 8.10. The van der Waals surface area contributed by atoms with Gasteiger partial charge in [-0.05, 0) is 72.6 Å². The van der Waals surface area contributed by atoms with Crippen LogP contribution in [-0.2, 0) is 0 Å². The molecule has 0 atom stereocenters. The second kappa shape index (κ2) is 12.2. The minimum atomic E-state index is -0.766. The van der Waals surface area contributed by atoms with Crippen LogP contribution >= 0.6 is 11.3 Å².